The Bertz CT molecular complexity index is 632. The first-order chi connectivity index (χ1) is 10.2. The maximum absolute atomic E-state index is 12.4. The van der Waals surface area contributed by atoms with E-state index in [4.69, 9.17) is 5.73 Å². The van der Waals surface area contributed by atoms with E-state index in [1.54, 1.807) is 17.3 Å². The quantitative estimate of drug-likeness (QED) is 0.878. The lowest BCUT2D eigenvalue weighted by Gasteiger charge is -2.32. The van der Waals surface area contributed by atoms with Crippen LogP contribution in [0.15, 0.2) is 30.9 Å². The van der Waals surface area contributed by atoms with Crippen LogP contribution in [0.2, 0.25) is 0 Å². The lowest BCUT2D eigenvalue weighted by atomic mass is 9.94. The van der Waals surface area contributed by atoms with Crippen LogP contribution in [-0.4, -0.2) is 43.8 Å². The number of nitrogen functional groups attached to an aromatic ring is 1. The molecule has 7 heteroatoms. The summed E-state index contributed by atoms with van der Waals surface area (Å²) in [5, 5.41) is 0. The van der Waals surface area contributed by atoms with E-state index in [1.807, 2.05) is 6.07 Å². The molecule has 21 heavy (non-hydrogen) atoms. The van der Waals surface area contributed by atoms with Crippen LogP contribution in [0.4, 0.5) is 5.95 Å². The molecule has 1 fully saturated rings. The zero-order valence-corrected chi connectivity index (χ0v) is 11.5. The predicted octanol–water partition coefficient (Wildman–Crippen LogP) is 0.869. The van der Waals surface area contributed by atoms with Crippen LogP contribution < -0.4 is 5.73 Å². The molecular formula is C14H16N6O. The minimum atomic E-state index is -0.0881. The summed E-state index contributed by atoms with van der Waals surface area (Å²) >= 11 is 0. The van der Waals surface area contributed by atoms with E-state index in [0.29, 0.717) is 12.2 Å². The molecule has 1 aliphatic heterocycles. The normalized spacial score (nSPS) is 18.5. The smallest absolute Gasteiger partial charge is 0.274 e. The zero-order valence-electron chi connectivity index (χ0n) is 11.5. The van der Waals surface area contributed by atoms with Gasteiger partial charge in [0.1, 0.15) is 5.69 Å². The Morgan fingerprint density at radius 2 is 2.19 bits per heavy atom. The second kappa shape index (κ2) is 5.82. The number of hydrogen-bond donors (Lipinski definition) is 1. The van der Waals surface area contributed by atoms with Crippen molar-refractivity contribution in [3.05, 3.63) is 42.2 Å². The fourth-order valence-corrected chi connectivity index (χ4v) is 2.59. The number of aromatic nitrogens is 4. The van der Waals surface area contributed by atoms with Crippen molar-refractivity contribution in [2.45, 2.75) is 18.8 Å². The number of piperidine rings is 1. The van der Waals surface area contributed by atoms with Gasteiger partial charge in [-0.15, -0.1) is 0 Å². The number of nitrogens with zero attached hydrogens (tertiary/aromatic N) is 5. The van der Waals surface area contributed by atoms with Gasteiger partial charge in [0, 0.05) is 37.6 Å². The van der Waals surface area contributed by atoms with Gasteiger partial charge >= 0.3 is 0 Å². The molecule has 1 atom stereocenters. The summed E-state index contributed by atoms with van der Waals surface area (Å²) in [4.78, 5) is 30.4. The SMILES string of the molecule is Nc1nccc([C@H]2CCCN(C(=O)c3cnccn3)C2)n1. The van der Waals surface area contributed by atoms with Crippen LogP contribution in [0.5, 0.6) is 0 Å². The zero-order chi connectivity index (χ0) is 14.7. The highest BCUT2D eigenvalue weighted by Crippen LogP contribution is 2.26. The molecule has 0 aliphatic carbocycles. The average molecular weight is 284 g/mol. The lowest BCUT2D eigenvalue weighted by molar-refractivity contribution is 0.0699. The molecule has 0 aromatic carbocycles. The largest absolute Gasteiger partial charge is 0.368 e. The highest BCUT2D eigenvalue weighted by molar-refractivity contribution is 5.92. The topological polar surface area (TPSA) is 97.9 Å². The first kappa shape index (κ1) is 13.4. The van der Waals surface area contributed by atoms with E-state index in [9.17, 15) is 4.79 Å². The third-order valence-electron chi connectivity index (χ3n) is 3.60. The van der Waals surface area contributed by atoms with E-state index < -0.39 is 0 Å². The van der Waals surface area contributed by atoms with Crippen molar-refractivity contribution in [3.8, 4) is 0 Å². The second-order valence-electron chi connectivity index (χ2n) is 5.02. The standard InChI is InChI=1S/C14H16N6O/c15-14-18-4-3-11(19-14)10-2-1-7-20(9-10)13(21)12-8-16-5-6-17-12/h3-6,8,10H,1-2,7,9H2,(H2,15,18,19)/t10-/m0/s1. The Kier molecular flexibility index (Phi) is 3.72. The van der Waals surface area contributed by atoms with Crippen molar-refractivity contribution in [3.63, 3.8) is 0 Å². The molecule has 3 heterocycles. The second-order valence-corrected chi connectivity index (χ2v) is 5.02. The number of amides is 1. The molecule has 3 rings (SSSR count). The molecule has 1 amide bonds. The summed E-state index contributed by atoms with van der Waals surface area (Å²) in [7, 11) is 0. The Morgan fingerprint density at radius 1 is 1.29 bits per heavy atom. The van der Waals surface area contributed by atoms with Gasteiger partial charge in [0.25, 0.3) is 5.91 Å². The average Bonchev–Trinajstić information content (AvgIpc) is 2.55. The molecule has 0 saturated carbocycles. The molecule has 7 nitrogen and oxygen atoms in total. The highest BCUT2D eigenvalue weighted by Gasteiger charge is 2.27. The van der Waals surface area contributed by atoms with Gasteiger partial charge in [0.05, 0.1) is 11.9 Å². The molecule has 2 aromatic heterocycles. The number of carbonyl (C=O) groups excluding carboxylic acids is 1. The van der Waals surface area contributed by atoms with Gasteiger partial charge in [0.2, 0.25) is 5.95 Å². The Hall–Kier alpha value is -2.57. The van der Waals surface area contributed by atoms with Crippen molar-refractivity contribution in [2.24, 2.45) is 0 Å². The fraction of sp³-hybridized carbons (Fsp3) is 0.357. The van der Waals surface area contributed by atoms with Crippen molar-refractivity contribution in [2.75, 3.05) is 18.8 Å². The lowest BCUT2D eigenvalue weighted by Crippen LogP contribution is -2.39. The monoisotopic (exact) mass is 284 g/mol. The van der Waals surface area contributed by atoms with Gasteiger partial charge in [-0.1, -0.05) is 0 Å². The summed E-state index contributed by atoms with van der Waals surface area (Å²) in [6, 6.07) is 1.86. The van der Waals surface area contributed by atoms with Crippen molar-refractivity contribution in [1.82, 2.24) is 24.8 Å². The Labute approximate surface area is 122 Å². The summed E-state index contributed by atoms with van der Waals surface area (Å²) < 4.78 is 0. The molecule has 0 unspecified atom stereocenters. The van der Waals surface area contributed by atoms with Crippen molar-refractivity contribution in [1.29, 1.82) is 0 Å². The molecule has 0 bridgehead atoms. The van der Waals surface area contributed by atoms with Crippen LogP contribution >= 0.6 is 0 Å². The van der Waals surface area contributed by atoms with Crippen LogP contribution in [0, 0.1) is 0 Å². The summed E-state index contributed by atoms with van der Waals surface area (Å²) in [6.45, 7) is 1.35. The number of rotatable bonds is 2. The Balaban J connectivity index is 1.75. The third-order valence-corrected chi connectivity index (χ3v) is 3.60. The molecular weight excluding hydrogens is 268 g/mol. The van der Waals surface area contributed by atoms with E-state index in [0.717, 1.165) is 25.1 Å². The molecule has 1 saturated heterocycles. The summed E-state index contributed by atoms with van der Waals surface area (Å²) in [5.74, 6) is 0.365. The first-order valence-corrected chi connectivity index (χ1v) is 6.88. The Morgan fingerprint density at radius 3 is 2.95 bits per heavy atom. The predicted molar refractivity (Wildman–Crippen MR) is 76.4 cm³/mol. The van der Waals surface area contributed by atoms with Crippen LogP contribution in [-0.2, 0) is 0 Å². The summed E-state index contributed by atoms with van der Waals surface area (Å²) in [5.41, 5.74) is 6.89. The van der Waals surface area contributed by atoms with Crippen LogP contribution in [0.3, 0.4) is 0 Å². The van der Waals surface area contributed by atoms with Gasteiger partial charge in [-0.05, 0) is 18.9 Å². The van der Waals surface area contributed by atoms with Gasteiger partial charge in [-0.3, -0.25) is 9.78 Å². The first-order valence-electron chi connectivity index (χ1n) is 6.88. The van der Waals surface area contributed by atoms with Gasteiger partial charge < -0.3 is 10.6 Å². The minimum Gasteiger partial charge on any atom is -0.368 e. The third kappa shape index (κ3) is 2.96. The number of hydrogen-bond acceptors (Lipinski definition) is 6. The van der Waals surface area contributed by atoms with Crippen LogP contribution in [0.25, 0.3) is 0 Å². The number of carbonyl (C=O) groups is 1. The molecule has 2 N–H and O–H groups in total. The molecule has 0 radical (unpaired) electrons. The minimum absolute atomic E-state index is 0.0881. The highest BCUT2D eigenvalue weighted by atomic mass is 16.2. The fourth-order valence-electron chi connectivity index (χ4n) is 2.59. The van der Waals surface area contributed by atoms with Gasteiger partial charge in [0.15, 0.2) is 0 Å². The number of likely N-dealkylation sites (tertiary alicyclic amines) is 1. The van der Waals surface area contributed by atoms with Gasteiger partial charge in [-0.25, -0.2) is 15.0 Å². The van der Waals surface area contributed by atoms with E-state index in [1.165, 1.54) is 12.4 Å². The van der Waals surface area contributed by atoms with E-state index in [-0.39, 0.29) is 17.8 Å². The maximum atomic E-state index is 12.4. The maximum Gasteiger partial charge on any atom is 0.274 e. The van der Waals surface area contributed by atoms with E-state index >= 15 is 0 Å². The molecule has 2 aromatic rings. The molecule has 108 valence electrons. The van der Waals surface area contributed by atoms with Crippen molar-refractivity contribution >= 4 is 11.9 Å². The van der Waals surface area contributed by atoms with Crippen LogP contribution in [0.1, 0.15) is 34.9 Å². The van der Waals surface area contributed by atoms with E-state index in [2.05, 4.69) is 19.9 Å². The van der Waals surface area contributed by atoms with Gasteiger partial charge in [-0.2, -0.15) is 0 Å². The van der Waals surface area contributed by atoms with Crippen molar-refractivity contribution < 1.29 is 4.79 Å². The number of anilines is 1. The number of nitrogens with two attached hydrogens (primary N) is 1. The molecule has 0 spiro atoms. The summed E-state index contributed by atoms with van der Waals surface area (Å²) in [6.07, 6.45) is 8.15. The molecule has 1 aliphatic rings.